The second kappa shape index (κ2) is 8.63. The number of rotatable bonds is 5. The van der Waals surface area contributed by atoms with Crippen LogP contribution in [0, 0.1) is 5.92 Å². The van der Waals surface area contributed by atoms with Crippen LogP contribution in [-0.2, 0) is 19.0 Å². The molecule has 3 atom stereocenters. The van der Waals surface area contributed by atoms with E-state index in [1.165, 1.54) is 18.7 Å². The predicted octanol–water partition coefficient (Wildman–Crippen LogP) is 3.03. The minimum Gasteiger partial charge on any atom is -0.454 e. The van der Waals surface area contributed by atoms with Crippen LogP contribution in [0.15, 0.2) is 0 Å². The monoisotopic (exact) mass is 409 g/mol. The number of nitrogens with one attached hydrogen (secondary N) is 1. The molecule has 1 aliphatic rings. The van der Waals surface area contributed by atoms with E-state index < -0.39 is 34.8 Å². The first-order valence-corrected chi connectivity index (χ1v) is 8.70. The van der Waals surface area contributed by atoms with Crippen molar-refractivity contribution in [2.24, 2.45) is 5.92 Å². The van der Waals surface area contributed by atoms with Crippen molar-refractivity contribution in [1.82, 2.24) is 5.32 Å². The van der Waals surface area contributed by atoms with E-state index in [4.69, 9.17) is 56.5 Å². The van der Waals surface area contributed by atoms with Crippen LogP contribution < -0.4 is 5.32 Å². The molecular formula is C11H14Cl3NO5S2. The number of amides is 1. The summed E-state index contributed by atoms with van der Waals surface area (Å²) < 4.78 is 13.6. The lowest BCUT2D eigenvalue weighted by Gasteiger charge is -2.38. The molecule has 1 fully saturated rings. The van der Waals surface area contributed by atoms with Crippen LogP contribution in [-0.4, -0.2) is 44.9 Å². The van der Waals surface area contributed by atoms with E-state index in [2.05, 4.69) is 10.1 Å². The zero-order valence-corrected chi connectivity index (χ0v) is 15.5. The van der Waals surface area contributed by atoms with Crippen molar-refractivity contribution >= 4 is 75.2 Å². The molecule has 0 spiro atoms. The molecule has 1 saturated heterocycles. The summed E-state index contributed by atoms with van der Waals surface area (Å²) in [4.78, 5) is 23.0. The summed E-state index contributed by atoms with van der Waals surface area (Å²) >= 11 is 22.7. The standard InChI is InChI=1S/C11H14Cl3NO5S2/c1-3-22-10(21)20-8-6(7(16)15-8)5(2)19-9(17)18-4-11(12,13)14/h5-6,8H,3-4H2,1-2H3,(H,15,16)/t5?,6-,8-/m1/s1. The number of thiocarbonyl (C=S) groups is 1. The molecular weight excluding hydrogens is 397 g/mol. The van der Waals surface area contributed by atoms with Gasteiger partial charge in [-0.15, -0.1) is 0 Å². The van der Waals surface area contributed by atoms with Crippen LogP contribution in [0.3, 0.4) is 0 Å². The number of β-lactam (4-membered cyclic amide) rings is 1. The zero-order chi connectivity index (χ0) is 16.9. The second-order valence-electron chi connectivity index (χ2n) is 4.23. The van der Waals surface area contributed by atoms with Gasteiger partial charge in [0.1, 0.15) is 18.6 Å². The third-order valence-electron chi connectivity index (χ3n) is 2.54. The number of hydrogen-bond acceptors (Lipinski definition) is 7. The Hall–Kier alpha value is -0.150. The van der Waals surface area contributed by atoms with E-state index in [9.17, 15) is 9.59 Å². The molecule has 0 saturated carbocycles. The molecule has 1 amide bonds. The molecule has 6 nitrogen and oxygen atoms in total. The van der Waals surface area contributed by atoms with Gasteiger partial charge in [-0.05, 0) is 24.9 Å². The quantitative estimate of drug-likeness (QED) is 0.323. The average Bonchev–Trinajstić information content (AvgIpc) is 2.34. The highest BCUT2D eigenvalue weighted by atomic mass is 35.6. The molecule has 0 aromatic heterocycles. The first kappa shape index (κ1) is 19.9. The van der Waals surface area contributed by atoms with Gasteiger partial charge in [0, 0.05) is 0 Å². The number of ether oxygens (including phenoxy) is 3. The Kier molecular flexibility index (Phi) is 7.81. The summed E-state index contributed by atoms with van der Waals surface area (Å²) in [5.41, 5.74) is 0. The van der Waals surface area contributed by atoms with Gasteiger partial charge in [-0.3, -0.25) is 4.79 Å². The smallest absolute Gasteiger partial charge is 0.454 e. The lowest BCUT2D eigenvalue weighted by atomic mass is 9.93. The van der Waals surface area contributed by atoms with Crippen molar-refractivity contribution in [3.8, 4) is 0 Å². The van der Waals surface area contributed by atoms with Gasteiger partial charge in [0.2, 0.25) is 14.1 Å². The van der Waals surface area contributed by atoms with E-state index in [1.54, 1.807) is 0 Å². The topological polar surface area (TPSA) is 73.9 Å². The van der Waals surface area contributed by atoms with Crippen LogP contribution >= 0.6 is 58.8 Å². The molecule has 1 heterocycles. The van der Waals surface area contributed by atoms with E-state index in [1.807, 2.05) is 6.92 Å². The summed E-state index contributed by atoms with van der Waals surface area (Å²) in [5.74, 6) is -0.244. The third-order valence-corrected chi connectivity index (χ3v) is 3.94. The lowest BCUT2D eigenvalue weighted by molar-refractivity contribution is -0.153. The fourth-order valence-electron chi connectivity index (χ4n) is 1.58. The minimum absolute atomic E-state index is 0.309. The number of carbonyl (C=O) groups is 2. The summed E-state index contributed by atoms with van der Waals surface area (Å²) in [6, 6.07) is 0. The second-order valence-corrected chi connectivity index (χ2v) is 8.61. The van der Waals surface area contributed by atoms with Crippen molar-refractivity contribution < 1.29 is 23.8 Å². The maximum Gasteiger partial charge on any atom is 0.508 e. The van der Waals surface area contributed by atoms with Crippen LogP contribution in [0.25, 0.3) is 0 Å². The fourth-order valence-corrected chi connectivity index (χ4v) is 2.61. The van der Waals surface area contributed by atoms with Crippen LogP contribution in [0.4, 0.5) is 4.79 Å². The van der Waals surface area contributed by atoms with Gasteiger partial charge >= 0.3 is 6.16 Å². The Morgan fingerprint density at radius 2 is 2.14 bits per heavy atom. The third kappa shape index (κ3) is 6.54. The van der Waals surface area contributed by atoms with Crippen molar-refractivity contribution in [3.63, 3.8) is 0 Å². The van der Waals surface area contributed by atoms with Gasteiger partial charge in [0.25, 0.3) is 0 Å². The number of halogens is 3. The summed E-state index contributed by atoms with van der Waals surface area (Å²) in [6.07, 6.45) is -2.46. The molecule has 0 bridgehead atoms. The number of thioether (sulfide) groups is 1. The molecule has 1 unspecified atom stereocenters. The first-order chi connectivity index (χ1) is 10.1. The van der Waals surface area contributed by atoms with Gasteiger partial charge < -0.3 is 19.5 Å². The molecule has 22 heavy (non-hydrogen) atoms. The molecule has 1 aliphatic heterocycles. The van der Waals surface area contributed by atoms with E-state index in [0.717, 1.165) is 5.75 Å². The van der Waals surface area contributed by atoms with E-state index >= 15 is 0 Å². The van der Waals surface area contributed by atoms with Gasteiger partial charge in [-0.1, -0.05) is 53.5 Å². The first-order valence-electron chi connectivity index (χ1n) is 6.18. The molecule has 126 valence electrons. The average molecular weight is 411 g/mol. The summed E-state index contributed by atoms with van der Waals surface area (Å²) in [7, 11) is 0. The molecule has 0 aromatic carbocycles. The van der Waals surface area contributed by atoms with Crippen molar-refractivity contribution in [2.75, 3.05) is 12.4 Å². The Labute approximate surface area is 152 Å². The predicted molar refractivity (Wildman–Crippen MR) is 89.4 cm³/mol. The van der Waals surface area contributed by atoms with Crippen molar-refractivity contribution in [3.05, 3.63) is 0 Å². The minimum atomic E-state index is -1.73. The van der Waals surface area contributed by atoms with Gasteiger partial charge in [-0.25, -0.2) is 4.79 Å². The normalized spacial score (nSPS) is 22.1. The number of hydrogen-bond donors (Lipinski definition) is 1. The Balaban J connectivity index is 2.45. The molecule has 0 aliphatic carbocycles. The molecule has 1 rings (SSSR count). The SMILES string of the molecule is CCSC(=S)O[C@H]1NC(=O)[C@H]1C(C)OC(=O)OCC(Cl)(Cl)Cl. The highest BCUT2D eigenvalue weighted by molar-refractivity contribution is 8.22. The fraction of sp³-hybridized carbons (Fsp3) is 0.727. The van der Waals surface area contributed by atoms with Crippen LogP contribution in [0.1, 0.15) is 13.8 Å². The Morgan fingerprint density at radius 3 is 2.64 bits per heavy atom. The van der Waals surface area contributed by atoms with Gasteiger partial charge in [-0.2, -0.15) is 0 Å². The Morgan fingerprint density at radius 1 is 1.50 bits per heavy atom. The Bertz CT molecular complexity index is 446. The molecule has 0 aromatic rings. The number of alkyl halides is 3. The highest BCUT2D eigenvalue weighted by Crippen LogP contribution is 2.27. The van der Waals surface area contributed by atoms with Crippen molar-refractivity contribution in [2.45, 2.75) is 30.0 Å². The molecule has 0 radical (unpaired) electrons. The zero-order valence-electron chi connectivity index (χ0n) is 11.6. The van der Waals surface area contributed by atoms with Crippen molar-refractivity contribution in [1.29, 1.82) is 0 Å². The van der Waals surface area contributed by atoms with Crippen LogP contribution in [0.2, 0.25) is 0 Å². The summed E-state index contributed by atoms with van der Waals surface area (Å²) in [5, 5.41) is 2.54. The van der Waals surface area contributed by atoms with Gasteiger partial charge in [0.05, 0.1) is 0 Å². The molecule has 11 heteroatoms. The largest absolute Gasteiger partial charge is 0.508 e. The highest BCUT2D eigenvalue weighted by Gasteiger charge is 2.47. The van der Waals surface area contributed by atoms with Gasteiger partial charge in [0.15, 0.2) is 6.23 Å². The number of carbonyl (C=O) groups excluding carboxylic acids is 2. The van der Waals surface area contributed by atoms with E-state index in [0.29, 0.717) is 4.38 Å². The van der Waals surface area contributed by atoms with Crippen LogP contribution in [0.5, 0.6) is 0 Å². The summed E-state index contributed by atoms with van der Waals surface area (Å²) in [6.45, 7) is 2.99. The van der Waals surface area contributed by atoms with E-state index in [-0.39, 0.29) is 5.91 Å². The maximum atomic E-state index is 11.6. The maximum absolute atomic E-state index is 11.6. The lowest BCUT2D eigenvalue weighted by Crippen LogP contribution is -2.63. The molecule has 1 N–H and O–H groups in total.